The summed E-state index contributed by atoms with van der Waals surface area (Å²) >= 11 is 0. The highest BCUT2D eigenvalue weighted by atomic mass is 16.5. The summed E-state index contributed by atoms with van der Waals surface area (Å²) in [7, 11) is 7.49. The maximum Gasteiger partial charge on any atom is 0.193 e. The molecule has 0 spiro atoms. The van der Waals surface area contributed by atoms with Crippen LogP contribution in [0.15, 0.2) is 23.2 Å². The van der Waals surface area contributed by atoms with Gasteiger partial charge in [-0.25, -0.2) is 0 Å². The second-order valence-corrected chi connectivity index (χ2v) is 8.20. The zero-order valence-corrected chi connectivity index (χ0v) is 19.8. The lowest BCUT2D eigenvalue weighted by Crippen LogP contribution is -2.52. The Morgan fingerprint density at radius 2 is 1.87 bits per heavy atom. The third-order valence-corrected chi connectivity index (χ3v) is 5.87. The van der Waals surface area contributed by atoms with E-state index in [-0.39, 0.29) is 0 Å². The highest BCUT2D eigenvalue weighted by molar-refractivity contribution is 5.79. The molecule has 0 radical (unpaired) electrons. The van der Waals surface area contributed by atoms with Crippen molar-refractivity contribution in [3.8, 4) is 11.5 Å². The summed E-state index contributed by atoms with van der Waals surface area (Å²) in [6.07, 6.45) is 2.36. The molecule has 0 amide bonds. The predicted molar refractivity (Wildman–Crippen MR) is 125 cm³/mol. The standard InChI is InChI=1S/C23H41N5O2/c1-19(2)26(4)12-8-7-11-25-23(24-3)28-15-13-27(14-16-28)18-20-17-21(29-5)9-10-22(20)30-6/h9-10,17,19H,7-8,11-16,18H2,1-6H3,(H,24,25). The number of hydrogen-bond donors (Lipinski definition) is 1. The fourth-order valence-electron chi connectivity index (χ4n) is 3.64. The van der Waals surface area contributed by atoms with Crippen molar-refractivity contribution >= 4 is 5.96 Å². The summed E-state index contributed by atoms with van der Waals surface area (Å²) in [5.41, 5.74) is 1.17. The number of benzene rings is 1. The topological polar surface area (TPSA) is 52.6 Å². The Morgan fingerprint density at radius 1 is 1.13 bits per heavy atom. The average molecular weight is 420 g/mol. The van der Waals surface area contributed by atoms with Crippen molar-refractivity contribution in [2.75, 3.05) is 67.6 Å². The highest BCUT2D eigenvalue weighted by Crippen LogP contribution is 2.25. The van der Waals surface area contributed by atoms with Crippen molar-refractivity contribution < 1.29 is 9.47 Å². The monoisotopic (exact) mass is 419 g/mol. The highest BCUT2D eigenvalue weighted by Gasteiger charge is 2.20. The van der Waals surface area contributed by atoms with Gasteiger partial charge in [-0.2, -0.15) is 0 Å². The fraction of sp³-hybridized carbons (Fsp3) is 0.696. The van der Waals surface area contributed by atoms with Gasteiger partial charge in [-0.05, 0) is 58.5 Å². The third-order valence-electron chi connectivity index (χ3n) is 5.87. The molecule has 0 aliphatic carbocycles. The maximum absolute atomic E-state index is 5.53. The van der Waals surface area contributed by atoms with Crippen LogP contribution >= 0.6 is 0 Å². The first-order valence-electron chi connectivity index (χ1n) is 11.1. The molecular weight excluding hydrogens is 378 g/mol. The molecule has 1 N–H and O–H groups in total. The van der Waals surface area contributed by atoms with Gasteiger partial charge in [0.2, 0.25) is 0 Å². The minimum atomic E-state index is 0.610. The summed E-state index contributed by atoms with van der Waals surface area (Å²) in [5, 5.41) is 3.54. The number of guanidine groups is 1. The number of nitrogens with one attached hydrogen (secondary N) is 1. The van der Waals surface area contributed by atoms with E-state index in [1.165, 1.54) is 12.0 Å². The lowest BCUT2D eigenvalue weighted by atomic mass is 10.1. The van der Waals surface area contributed by atoms with Crippen LogP contribution in [0.25, 0.3) is 0 Å². The van der Waals surface area contributed by atoms with Crippen LogP contribution in [0, 0.1) is 0 Å². The van der Waals surface area contributed by atoms with E-state index in [2.05, 4.69) is 52.0 Å². The third kappa shape index (κ3) is 7.36. The van der Waals surface area contributed by atoms with Crippen LogP contribution in [0.5, 0.6) is 11.5 Å². The summed E-state index contributed by atoms with van der Waals surface area (Å²) < 4.78 is 10.9. The first-order valence-corrected chi connectivity index (χ1v) is 11.1. The lowest BCUT2D eigenvalue weighted by molar-refractivity contribution is 0.171. The Hall–Kier alpha value is -1.99. The Bertz CT molecular complexity index is 657. The fourth-order valence-corrected chi connectivity index (χ4v) is 3.64. The van der Waals surface area contributed by atoms with E-state index in [0.717, 1.165) is 69.7 Å². The number of unbranched alkanes of at least 4 members (excludes halogenated alkanes) is 1. The van der Waals surface area contributed by atoms with Crippen LogP contribution in [-0.4, -0.2) is 94.3 Å². The number of hydrogen-bond acceptors (Lipinski definition) is 5. The van der Waals surface area contributed by atoms with E-state index in [9.17, 15) is 0 Å². The number of rotatable bonds is 10. The van der Waals surface area contributed by atoms with E-state index >= 15 is 0 Å². The van der Waals surface area contributed by atoms with Crippen molar-refractivity contribution in [1.29, 1.82) is 0 Å². The normalized spacial score (nSPS) is 15.7. The molecule has 7 heteroatoms. The maximum atomic E-state index is 5.53. The predicted octanol–water partition coefficient (Wildman–Crippen LogP) is 2.52. The SMILES string of the molecule is CN=C(NCCCCN(C)C(C)C)N1CCN(Cc2cc(OC)ccc2OC)CC1. The lowest BCUT2D eigenvalue weighted by Gasteiger charge is -2.36. The van der Waals surface area contributed by atoms with Gasteiger partial charge in [-0.3, -0.25) is 9.89 Å². The van der Waals surface area contributed by atoms with E-state index in [0.29, 0.717) is 6.04 Å². The molecule has 1 aromatic rings. The van der Waals surface area contributed by atoms with E-state index in [4.69, 9.17) is 9.47 Å². The molecule has 0 atom stereocenters. The van der Waals surface area contributed by atoms with Crippen LogP contribution in [0.1, 0.15) is 32.3 Å². The van der Waals surface area contributed by atoms with Crippen LogP contribution in [0.3, 0.4) is 0 Å². The second-order valence-electron chi connectivity index (χ2n) is 8.20. The van der Waals surface area contributed by atoms with Crippen LogP contribution in [0.4, 0.5) is 0 Å². The van der Waals surface area contributed by atoms with Crippen LogP contribution in [0.2, 0.25) is 0 Å². The molecule has 30 heavy (non-hydrogen) atoms. The Balaban J connectivity index is 1.76. The van der Waals surface area contributed by atoms with Gasteiger partial charge >= 0.3 is 0 Å². The summed E-state index contributed by atoms with van der Waals surface area (Å²) in [6.45, 7) is 11.4. The zero-order chi connectivity index (χ0) is 21.9. The molecule has 1 aromatic carbocycles. The molecule has 0 unspecified atom stereocenters. The number of ether oxygens (including phenoxy) is 2. The average Bonchev–Trinajstić information content (AvgIpc) is 2.76. The van der Waals surface area contributed by atoms with Crippen molar-refractivity contribution in [3.05, 3.63) is 23.8 Å². The molecule has 170 valence electrons. The summed E-state index contributed by atoms with van der Waals surface area (Å²) in [5.74, 6) is 2.80. The molecule has 1 saturated heterocycles. The molecule has 0 saturated carbocycles. The Morgan fingerprint density at radius 3 is 2.47 bits per heavy atom. The minimum absolute atomic E-state index is 0.610. The molecule has 2 rings (SSSR count). The molecule has 7 nitrogen and oxygen atoms in total. The quantitative estimate of drug-likeness (QED) is 0.357. The first-order chi connectivity index (χ1) is 14.5. The van der Waals surface area contributed by atoms with Gasteiger partial charge in [-0.15, -0.1) is 0 Å². The van der Waals surface area contributed by atoms with Crippen molar-refractivity contribution in [2.45, 2.75) is 39.3 Å². The minimum Gasteiger partial charge on any atom is -0.497 e. The molecule has 0 bridgehead atoms. The molecule has 1 aliphatic heterocycles. The number of nitrogens with zero attached hydrogens (tertiary/aromatic N) is 4. The van der Waals surface area contributed by atoms with E-state index < -0.39 is 0 Å². The largest absolute Gasteiger partial charge is 0.497 e. The van der Waals surface area contributed by atoms with Gasteiger partial charge in [-0.1, -0.05) is 0 Å². The molecule has 0 aromatic heterocycles. The second kappa shape index (κ2) is 12.6. The molecule has 1 fully saturated rings. The van der Waals surface area contributed by atoms with Gasteiger partial charge < -0.3 is 24.6 Å². The first kappa shape index (κ1) is 24.3. The molecular formula is C23H41N5O2. The number of piperazine rings is 1. The van der Waals surface area contributed by atoms with Gasteiger partial charge in [0.15, 0.2) is 5.96 Å². The molecule has 1 aliphatic rings. The Kier molecular flexibility index (Phi) is 10.2. The van der Waals surface area contributed by atoms with Gasteiger partial charge in [0, 0.05) is 57.9 Å². The smallest absolute Gasteiger partial charge is 0.193 e. The summed E-state index contributed by atoms with van der Waals surface area (Å²) in [4.78, 5) is 11.7. The summed E-state index contributed by atoms with van der Waals surface area (Å²) in [6, 6.07) is 6.60. The number of methoxy groups -OCH3 is 2. The van der Waals surface area contributed by atoms with Crippen LogP contribution < -0.4 is 14.8 Å². The zero-order valence-electron chi connectivity index (χ0n) is 19.8. The number of aliphatic imine (C=N–C) groups is 1. The molecule has 1 heterocycles. The van der Waals surface area contributed by atoms with Crippen molar-refractivity contribution in [2.24, 2.45) is 4.99 Å². The van der Waals surface area contributed by atoms with Gasteiger partial charge in [0.05, 0.1) is 14.2 Å². The van der Waals surface area contributed by atoms with Crippen LogP contribution in [-0.2, 0) is 6.54 Å². The van der Waals surface area contributed by atoms with Gasteiger partial charge in [0.25, 0.3) is 0 Å². The van der Waals surface area contributed by atoms with Gasteiger partial charge in [0.1, 0.15) is 11.5 Å². The van der Waals surface area contributed by atoms with E-state index in [1.807, 2.05) is 19.2 Å². The Labute approximate surface area is 183 Å². The van der Waals surface area contributed by atoms with Crippen molar-refractivity contribution in [3.63, 3.8) is 0 Å². The van der Waals surface area contributed by atoms with Crippen molar-refractivity contribution in [1.82, 2.24) is 20.0 Å². The van der Waals surface area contributed by atoms with E-state index in [1.54, 1.807) is 14.2 Å².